The standard InChI is InChI=1S/C25H29N3O3S/c1-3-4-11-26-12-14-27(15-13-26)23(29)17-28-21-10-9-20(16-22(21)32-25(28)31)24(30)19-7-5-18(2)6-8-19/h5-10,16H,3-4,11-15,17H2,1-2H3. The van der Waals surface area contributed by atoms with Gasteiger partial charge < -0.3 is 4.90 Å². The molecule has 168 valence electrons. The van der Waals surface area contributed by atoms with E-state index in [2.05, 4.69) is 11.8 Å². The lowest BCUT2D eigenvalue weighted by atomic mass is 10.0. The molecule has 2 heterocycles. The molecular formula is C25H29N3O3S. The Balaban J connectivity index is 1.47. The molecule has 0 atom stereocenters. The van der Waals surface area contributed by atoms with E-state index in [1.54, 1.807) is 18.2 Å². The molecule has 7 heteroatoms. The second kappa shape index (κ2) is 9.79. The molecule has 0 saturated carbocycles. The lowest BCUT2D eigenvalue weighted by Crippen LogP contribution is -2.49. The molecule has 1 fully saturated rings. The summed E-state index contributed by atoms with van der Waals surface area (Å²) in [6, 6.07) is 12.7. The van der Waals surface area contributed by atoms with Gasteiger partial charge in [0.15, 0.2) is 5.78 Å². The molecule has 0 aliphatic carbocycles. The van der Waals surface area contributed by atoms with Gasteiger partial charge in [-0.05, 0) is 38.1 Å². The third kappa shape index (κ3) is 4.84. The first-order valence-electron chi connectivity index (χ1n) is 11.2. The molecule has 0 bridgehead atoms. The summed E-state index contributed by atoms with van der Waals surface area (Å²) in [4.78, 5) is 42.4. The van der Waals surface area contributed by atoms with Crippen molar-refractivity contribution in [3.8, 4) is 0 Å². The largest absolute Gasteiger partial charge is 0.339 e. The molecule has 2 aromatic carbocycles. The Morgan fingerprint density at radius 1 is 0.969 bits per heavy atom. The molecule has 1 aliphatic heterocycles. The van der Waals surface area contributed by atoms with Gasteiger partial charge in [-0.25, -0.2) is 0 Å². The summed E-state index contributed by atoms with van der Waals surface area (Å²) in [5.74, 6) is -0.0990. The van der Waals surface area contributed by atoms with Crippen molar-refractivity contribution < 1.29 is 9.59 Å². The quantitative estimate of drug-likeness (QED) is 0.516. The number of ketones is 1. The first kappa shape index (κ1) is 22.4. The van der Waals surface area contributed by atoms with E-state index in [0.29, 0.717) is 29.7 Å². The van der Waals surface area contributed by atoms with E-state index in [1.165, 1.54) is 17.4 Å². The molecule has 3 aromatic rings. The average molecular weight is 452 g/mol. The third-order valence-corrected chi connectivity index (χ3v) is 7.03. The Morgan fingerprint density at radius 3 is 2.34 bits per heavy atom. The Hall–Kier alpha value is -2.77. The molecule has 0 N–H and O–H groups in total. The number of benzene rings is 2. The molecule has 4 rings (SSSR count). The van der Waals surface area contributed by atoms with Crippen LogP contribution < -0.4 is 4.87 Å². The van der Waals surface area contributed by atoms with Gasteiger partial charge in [0.05, 0.1) is 10.2 Å². The Labute approximate surface area is 192 Å². The summed E-state index contributed by atoms with van der Waals surface area (Å²) in [6.45, 7) is 8.46. The van der Waals surface area contributed by atoms with Crippen molar-refractivity contribution >= 4 is 33.2 Å². The topological polar surface area (TPSA) is 62.6 Å². The number of aromatic nitrogens is 1. The number of thiazole rings is 1. The van der Waals surface area contributed by atoms with Crippen molar-refractivity contribution in [3.63, 3.8) is 0 Å². The number of unbranched alkanes of at least 4 members (excludes halogenated alkanes) is 1. The van der Waals surface area contributed by atoms with Crippen molar-refractivity contribution in [1.29, 1.82) is 0 Å². The minimum Gasteiger partial charge on any atom is -0.339 e. The fraction of sp³-hybridized carbons (Fsp3) is 0.400. The highest BCUT2D eigenvalue weighted by Gasteiger charge is 2.22. The van der Waals surface area contributed by atoms with Crippen LogP contribution in [0.15, 0.2) is 47.3 Å². The second-order valence-electron chi connectivity index (χ2n) is 8.41. The highest BCUT2D eigenvalue weighted by atomic mass is 32.1. The number of hydrogen-bond acceptors (Lipinski definition) is 5. The molecule has 1 aromatic heterocycles. The van der Waals surface area contributed by atoms with Crippen LogP contribution in [0.3, 0.4) is 0 Å². The van der Waals surface area contributed by atoms with Crippen LogP contribution in [0.25, 0.3) is 10.2 Å². The maximum absolute atomic E-state index is 12.9. The number of fused-ring (bicyclic) bond motifs is 1. The van der Waals surface area contributed by atoms with Crippen molar-refractivity contribution in [3.05, 3.63) is 68.8 Å². The first-order chi connectivity index (χ1) is 15.5. The van der Waals surface area contributed by atoms with Crippen LogP contribution in [0.1, 0.15) is 41.3 Å². The number of amides is 1. The summed E-state index contributed by atoms with van der Waals surface area (Å²) in [7, 11) is 0. The van der Waals surface area contributed by atoms with E-state index in [0.717, 1.165) is 41.2 Å². The second-order valence-corrected chi connectivity index (χ2v) is 9.40. The molecule has 6 nitrogen and oxygen atoms in total. The fourth-order valence-electron chi connectivity index (χ4n) is 4.07. The van der Waals surface area contributed by atoms with Gasteiger partial charge in [-0.3, -0.25) is 23.9 Å². The highest BCUT2D eigenvalue weighted by molar-refractivity contribution is 7.16. The number of piperazine rings is 1. The molecule has 1 aliphatic rings. The van der Waals surface area contributed by atoms with E-state index in [9.17, 15) is 14.4 Å². The molecule has 0 spiro atoms. The predicted octanol–water partition coefficient (Wildman–Crippen LogP) is 3.55. The summed E-state index contributed by atoms with van der Waals surface area (Å²) in [6.07, 6.45) is 2.35. The summed E-state index contributed by atoms with van der Waals surface area (Å²) >= 11 is 1.08. The fourth-order valence-corrected chi connectivity index (χ4v) is 5.00. The van der Waals surface area contributed by atoms with E-state index in [4.69, 9.17) is 0 Å². The van der Waals surface area contributed by atoms with Crippen LogP contribution in [0.5, 0.6) is 0 Å². The van der Waals surface area contributed by atoms with Crippen LogP contribution >= 0.6 is 11.3 Å². The number of carbonyl (C=O) groups is 2. The minimum absolute atomic E-state index is 0.0262. The SMILES string of the molecule is CCCCN1CCN(C(=O)Cn2c(=O)sc3cc(C(=O)c4ccc(C)cc4)ccc32)CC1. The smallest absolute Gasteiger partial charge is 0.308 e. The maximum Gasteiger partial charge on any atom is 0.308 e. The zero-order valence-electron chi connectivity index (χ0n) is 18.7. The first-order valence-corrected chi connectivity index (χ1v) is 12.0. The van der Waals surface area contributed by atoms with Crippen molar-refractivity contribution in [2.45, 2.75) is 33.2 Å². The Bertz CT molecular complexity index is 1170. The molecule has 32 heavy (non-hydrogen) atoms. The highest BCUT2D eigenvalue weighted by Crippen LogP contribution is 2.21. The lowest BCUT2D eigenvalue weighted by Gasteiger charge is -2.34. The van der Waals surface area contributed by atoms with Crippen LogP contribution in [0.4, 0.5) is 0 Å². The molecule has 1 amide bonds. The molecule has 0 radical (unpaired) electrons. The van der Waals surface area contributed by atoms with Crippen LogP contribution in [-0.4, -0.2) is 58.8 Å². The maximum atomic E-state index is 12.9. The number of aryl methyl sites for hydroxylation is 1. The number of hydrogen-bond donors (Lipinski definition) is 0. The van der Waals surface area contributed by atoms with Gasteiger partial charge in [0.25, 0.3) is 0 Å². The van der Waals surface area contributed by atoms with E-state index < -0.39 is 0 Å². The summed E-state index contributed by atoms with van der Waals surface area (Å²) < 4.78 is 2.26. The molecule has 0 unspecified atom stereocenters. The van der Waals surface area contributed by atoms with Crippen LogP contribution in [-0.2, 0) is 11.3 Å². The van der Waals surface area contributed by atoms with Gasteiger partial charge in [0.2, 0.25) is 5.91 Å². The number of carbonyl (C=O) groups excluding carboxylic acids is 2. The van der Waals surface area contributed by atoms with Crippen LogP contribution in [0.2, 0.25) is 0 Å². The molecule has 1 saturated heterocycles. The Morgan fingerprint density at radius 2 is 1.66 bits per heavy atom. The van der Waals surface area contributed by atoms with E-state index in [1.807, 2.05) is 36.1 Å². The monoisotopic (exact) mass is 451 g/mol. The van der Waals surface area contributed by atoms with Crippen molar-refractivity contribution in [2.75, 3.05) is 32.7 Å². The average Bonchev–Trinajstić information content (AvgIpc) is 3.12. The minimum atomic E-state index is -0.171. The van der Waals surface area contributed by atoms with Gasteiger partial charge in [-0.15, -0.1) is 0 Å². The zero-order chi connectivity index (χ0) is 22.7. The normalized spacial score (nSPS) is 14.8. The van der Waals surface area contributed by atoms with Gasteiger partial charge in [-0.2, -0.15) is 0 Å². The lowest BCUT2D eigenvalue weighted by molar-refractivity contribution is -0.133. The van der Waals surface area contributed by atoms with Gasteiger partial charge in [0.1, 0.15) is 6.54 Å². The van der Waals surface area contributed by atoms with Gasteiger partial charge in [-0.1, -0.05) is 54.5 Å². The Kier molecular flexibility index (Phi) is 6.86. The summed E-state index contributed by atoms with van der Waals surface area (Å²) in [5, 5.41) is 0. The van der Waals surface area contributed by atoms with Crippen LogP contribution in [0, 0.1) is 6.92 Å². The zero-order valence-corrected chi connectivity index (χ0v) is 19.5. The summed E-state index contributed by atoms with van der Waals surface area (Å²) in [5.41, 5.74) is 2.97. The molecular weight excluding hydrogens is 422 g/mol. The van der Waals surface area contributed by atoms with Gasteiger partial charge >= 0.3 is 4.87 Å². The van der Waals surface area contributed by atoms with Crippen molar-refractivity contribution in [2.24, 2.45) is 0 Å². The van der Waals surface area contributed by atoms with E-state index >= 15 is 0 Å². The van der Waals surface area contributed by atoms with E-state index in [-0.39, 0.29) is 23.1 Å². The van der Waals surface area contributed by atoms with Crippen molar-refractivity contribution in [1.82, 2.24) is 14.4 Å². The number of nitrogens with zero attached hydrogens (tertiary/aromatic N) is 3. The van der Waals surface area contributed by atoms with Gasteiger partial charge in [0, 0.05) is 37.3 Å². The third-order valence-electron chi connectivity index (χ3n) is 6.09. The predicted molar refractivity (Wildman–Crippen MR) is 129 cm³/mol. The number of rotatable bonds is 7.